The standard InChI is InChI=1S/C13H12.C8H8.C4H6.C3H3N/c1-10(2)12-8-7-11-5-3-4-6-13(11)9-12;1-2-8-6-4-3-5-7-8;1-3-4-2;1-2-3-4/h3-9H,1H2,2H3;2-7H,1H2;3-4H,1-2H2;2H,1H2. The SMILES string of the molecule is C=C(C)c1ccc2ccccc2c1.C=CC#N.C=CC=C.C=Cc1ccccc1. The first-order valence-electron chi connectivity index (χ1n) is 9.10. The second-order valence-corrected chi connectivity index (χ2v) is 5.76. The summed E-state index contributed by atoms with van der Waals surface area (Å²) < 4.78 is 0. The minimum atomic E-state index is 1.12. The van der Waals surface area contributed by atoms with Crippen LogP contribution >= 0.6 is 0 Å². The smallest absolute Gasteiger partial charge is 0.0905 e. The Bertz CT molecular complexity index is 950. The summed E-state index contributed by atoms with van der Waals surface area (Å²) in [4.78, 5) is 0. The first-order valence-corrected chi connectivity index (χ1v) is 9.10. The van der Waals surface area contributed by atoms with E-state index >= 15 is 0 Å². The Labute approximate surface area is 176 Å². The minimum absolute atomic E-state index is 1.12. The van der Waals surface area contributed by atoms with E-state index in [4.69, 9.17) is 5.26 Å². The highest BCUT2D eigenvalue weighted by molar-refractivity contribution is 5.85. The van der Waals surface area contributed by atoms with Crippen molar-refractivity contribution >= 4 is 22.4 Å². The molecule has 3 rings (SSSR count). The first kappa shape index (κ1) is 25.1. The molecule has 0 heterocycles. The van der Waals surface area contributed by atoms with Crippen LogP contribution in [0.15, 0.2) is 124 Å². The van der Waals surface area contributed by atoms with Crippen LogP contribution in [-0.4, -0.2) is 0 Å². The quantitative estimate of drug-likeness (QED) is 0.332. The number of nitriles is 1. The molecule has 0 amide bonds. The van der Waals surface area contributed by atoms with Crippen molar-refractivity contribution in [1.29, 1.82) is 5.26 Å². The van der Waals surface area contributed by atoms with Crippen LogP contribution in [0.5, 0.6) is 0 Å². The van der Waals surface area contributed by atoms with Gasteiger partial charge in [0.15, 0.2) is 0 Å². The van der Waals surface area contributed by atoms with Gasteiger partial charge < -0.3 is 0 Å². The Morgan fingerprint density at radius 3 is 1.72 bits per heavy atom. The number of allylic oxidation sites excluding steroid dienone is 4. The number of hydrogen-bond acceptors (Lipinski definition) is 1. The number of fused-ring (bicyclic) bond motifs is 1. The monoisotopic (exact) mass is 379 g/mol. The van der Waals surface area contributed by atoms with Crippen molar-refractivity contribution in [2.24, 2.45) is 0 Å². The third kappa shape index (κ3) is 11.4. The van der Waals surface area contributed by atoms with Gasteiger partial charge in [-0.1, -0.05) is 123 Å². The third-order valence-corrected chi connectivity index (χ3v) is 3.54. The van der Waals surface area contributed by atoms with Gasteiger partial charge in [-0.2, -0.15) is 5.26 Å². The van der Waals surface area contributed by atoms with Crippen LogP contribution in [0.3, 0.4) is 0 Å². The largest absolute Gasteiger partial charge is 0.193 e. The normalized spacial score (nSPS) is 8.14. The lowest BCUT2D eigenvalue weighted by Gasteiger charge is -2.01. The average molecular weight is 380 g/mol. The summed E-state index contributed by atoms with van der Waals surface area (Å²) in [5, 5.41) is 10.1. The van der Waals surface area contributed by atoms with Gasteiger partial charge >= 0.3 is 0 Å². The molecule has 0 aromatic heterocycles. The number of rotatable bonds is 3. The lowest BCUT2D eigenvalue weighted by Crippen LogP contribution is -1.78. The molecular weight excluding hydrogens is 350 g/mol. The van der Waals surface area contributed by atoms with E-state index in [0.717, 1.165) is 5.57 Å². The van der Waals surface area contributed by atoms with E-state index in [1.807, 2.05) is 43.3 Å². The highest BCUT2D eigenvalue weighted by Crippen LogP contribution is 2.19. The van der Waals surface area contributed by atoms with Crippen LogP contribution in [0.2, 0.25) is 0 Å². The predicted molar refractivity (Wildman–Crippen MR) is 131 cm³/mol. The molecule has 0 saturated heterocycles. The fraction of sp³-hybridized carbons (Fsp3) is 0.0357. The molecule has 0 unspecified atom stereocenters. The van der Waals surface area contributed by atoms with Crippen molar-refractivity contribution in [3.63, 3.8) is 0 Å². The molecule has 0 aliphatic rings. The molecule has 0 spiro atoms. The molecular formula is C28H29N. The molecule has 0 aliphatic carbocycles. The van der Waals surface area contributed by atoms with Gasteiger partial charge in [0.1, 0.15) is 0 Å². The Kier molecular flexibility index (Phi) is 14.1. The Hall–Kier alpha value is -3.89. The summed E-state index contributed by atoms with van der Waals surface area (Å²) in [5.74, 6) is 0. The average Bonchev–Trinajstić information content (AvgIpc) is 2.80. The highest BCUT2D eigenvalue weighted by Gasteiger charge is 1.95. The maximum Gasteiger partial charge on any atom is 0.0905 e. The summed E-state index contributed by atoms with van der Waals surface area (Å²) in [6, 6.07) is 26.5. The van der Waals surface area contributed by atoms with Gasteiger partial charge in [-0.15, -0.1) is 0 Å². The molecule has 3 aromatic rings. The number of nitrogens with zero attached hydrogens (tertiary/aromatic N) is 1. The maximum atomic E-state index is 7.51. The third-order valence-electron chi connectivity index (χ3n) is 3.54. The second-order valence-electron chi connectivity index (χ2n) is 5.76. The topological polar surface area (TPSA) is 23.8 Å². The fourth-order valence-electron chi connectivity index (χ4n) is 2.04. The van der Waals surface area contributed by atoms with E-state index in [1.165, 1.54) is 28.0 Å². The number of benzene rings is 3. The maximum absolute atomic E-state index is 7.51. The molecule has 0 bridgehead atoms. The van der Waals surface area contributed by atoms with E-state index in [1.54, 1.807) is 18.2 Å². The lowest BCUT2D eigenvalue weighted by atomic mass is 10.0. The van der Waals surface area contributed by atoms with Crippen LogP contribution < -0.4 is 0 Å². The van der Waals surface area contributed by atoms with Gasteiger partial charge in [0, 0.05) is 6.08 Å². The molecule has 0 fully saturated rings. The van der Waals surface area contributed by atoms with Gasteiger partial charge in [-0.05, 0) is 34.9 Å². The van der Waals surface area contributed by atoms with Crippen molar-refractivity contribution in [1.82, 2.24) is 0 Å². The number of hydrogen-bond donors (Lipinski definition) is 0. The van der Waals surface area contributed by atoms with Gasteiger partial charge in [0.25, 0.3) is 0 Å². The Morgan fingerprint density at radius 2 is 1.31 bits per heavy atom. The molecule has 0 saturated carbocycles. The summed E-state index contributed by atoms with van der Waals surface area (Å²) in [7, 11) is 0. The molecule has 146 valence electrons. The van der Waals surface area contributed by atoms with Crippen LogP contribution in [0.25, 0.3) is 22.4 Å². The zero-order chi connectivity index (χ0) is 21.9. The second kappa shape index (κ2) is 16.3. The highest BCUT2D eigenvalue weighted by atomic mass is 14.2. The van der Waals surface area contributed by atoms with Crippen LogP contribution in [0.4, 0.5) is 0 Å². The van der Waals surface area contributed by atoms with Crippen molar-refractivity contribution in [2.75, 3.05) is 0 Å². The molecule has 0 radical (unpaired) electrons. The van der Waals surface area contributed by atoms with E-state index in [-0.39, 0.29) is 0 Å². The molecule has 0 atom stereocenters. The lowest BCUT2D eigenvalue weighted by molar-refractivity contribution is 1.54. The molecule has 0 N–H and O–H groups in total. The fourth-order valence-corrected chi connectivity index (χ4v) is 2.04. The van der Waals surface area contributed by atoms with Crippen LogP contribution in [-0.2, 0) is 0 Å². The van der Waals surface area contributed by atoms with Gasteiger partial charge in [-0.25, -0.2) is 0 Å². The summed E-state index contributed by atoms with van der Waals surface area (Å²) >= 11 is 0. The van der Waals surface area contributed by atoms with Gasteiger partial charge in [-0.3, -0.25) is 0 Å². The van der Waals surface area contributed by atoms with Crippen molar-refractivity contribution in [2.45, 2.75) is 6.92 Å². The zero-order valence-corrected chi connectivity index (χ0v) is 17.2. The molecule has 0 aliphatic heterocycles. The first-order chi connectivity index (χ1) is 14.0. The molecule has 29 heavy (non-hydrogen) atoms. The van der Waals surface area contributed by atoms with E-state index in [9.17, 15) is 0 Å². The van der Waals surface area contributed by atoms with Crippen LogP contribution in [0.1, 0.15) is 18.1 Å². The van der Waals surface area contributed by atoms with Crippen molar-refractivity contribution in [3.05, 3.63) is 135 Å². The van der Waals surface area contributed by atoms with Crippen molar-refractivity contribution in [3.8, 4) is 6.07 Å². The Balaban J connectivity index is 0.000000419. The van der Waals surface area contributed by atoms with E-state index in [2.05, 4.69) is 75.4 Å². The van der Waals surface area contributed by atoms with E-state index in [0.29, 0.717) is 0 Å². The van der Waals surface area contributed by atoms with Crippen molar-refractivity contribution < 1.29 is 0 Å². The van der Waals surface area contributed by atoms with Gasteiger partial charge in [0.05, 0.1) is 6.07 Å². The van der Waals surface area contributed by atoms with E-state index < -0.39 is 0 Å². The zero-order valence-electron chi connectivity index (χ0n) is 17.2. The molecule has 3 aromatic carbocycles. The summed E-state index contributed by atoms with van der Waals surface area (Å²) in [6.45, 7) is 19.4. The predicted octanol–water partition coefficient (Wildman–Crippen LogP) is 8.26. The molecule has 1 heteroatoms. The Morgan fingerprint density at radius 1 is 0.793 bits per heavy atom. The molecule has 1 nitrogen and oxygen atoms in total. The van der Waals surface area contributed by atoms with Crippen LogP contribution in [0, 0.1) is 11.3 Å². The summed E-state index contributed by atoms with van der Waals surface area (Å²) in [5.41, 5.74) is 3.51. The van der Waals surface area contributed by atoms with Gasteiger partial charge in [0.2, 0.25) is 0 Å². The summed E-state index contributed by atoms with van der Waals surface area (Å²) in [6.07, 6.45) is 6.29. The minimum Gasteiger partial charge on any atom is -0.193 e.